The zero-order valence-corrected chi connectivity index (χ0v) is 20.6. The second-order valence-electron chi connectivity index (χ2n) is 9.76. The maximum Gasteiger partial charge on any atom is 0.408 e. The van der Waals surface area contributed by atoms with Crippen molar-refractivity contribution in [2.45, 2.75) is 78.9 Å². The van der Waals surface area contributed by atoms with Crippen molar-refractivity contribution in [2.24, 2.45) is 11.8 Å². The molecule has 1 atom stereocenters. The van der Waals surface area contributed by atoms with Gasteiger partial charge in [0.2, 0.25) is 5.91 Å². The van der Waals surface area contributed by atoms with Crippen LogP contribution in [0.15, 0.2) is 18.3 Å². The fourth-order valence-corrected chi connectivity index (χ4v) is 4.89. The van der Waals surface area contributed by atoms with Crippen LogP contribution < -0.4 is 10.6 Å². The van der Waals surface area contributed by atoms with Crippen molar-refractivity contribution in [3.8, 4) is 11.1 Å². The summed E-state index contributed by atoms with van der Waals surface area (Å²) in [4.78, 5) is 31.2. The van der Waals surface area contributed by atoms with Crippen molar-refractivity contribution in [2.75, 3.05) is 5.32 Å². The van der Waals surface area contributed by atoms with Crippen LogP contribution in [0.2, 0.25) is 0 Å². The smallest absolute Gasteiger partial charge is 0.408 e. The first-order valence-corrected chi connectivity index (χ1v) is 12.0. The summed E-state index contributed by atoms with van der Waals surface area (Å²) in [6.07, 6.45) is 5.06. The third-order valence-corrected chi connectivity index (χ3v) is 6.67. The minimum Gasteiger partial charge on any atom is -0.444 e. The van der Waals surface area contributed by atoms with Crippen molar-refractivity contribution < 1.29 is 14.3 Å². The molecule has 1 fully saturated rings. The summed E-state index contributed by atoms with van der Waals surface area (Å²) in [7, 11) is 0. The summed E-state index contributed by atoms with van der Waals surface area (Å²) >= 11 is 1.47. The summed E-state index contributed by atoms with van der Waals surface area (Å²) in [5, 5.41) is 5.71. The van der Waals surface area contributed by atoms with Crippen molar-refractivity contribution in [3.05, 3.63) is 28.9 Å². The summed E-state index contributed by atoms with van der Waals surface area (Å²) < 4.78 is 9.80. The van der Waals surface area contributed by atoms with Gasteiger partial charge in [0.05, 0.1) is 5.69 Å². The molecule has 2 N–H and O–H groups in total. The molecule has 2 amide bonds. The summed E-state index contributed by atoms with van der Waals surface area (Å²) in [6.45, 7) is 11.7. The van der Waals surface area contributed by atoms with E-state index in [0.29, 0.717) is 11.7 Å². The van der Waals surface area contributed by atoms with Crippen molar-refractivity contribution in [1.82, 2.24) is 14.7 Å². The molecular weight excluding hydrogens is 424 g/mol. The lowest BCUT2D eigenvalue weighted by atomic mass is 9.79. The quantitative estimate of drug-likeness (QED) is 0.619. The largest absolute Gasteiger partial charge is 0.444 e. The topological polar surface area (TPSA) is 93.2 Å². The molecule has 0 bridgehead atoms. The Morgan fingerprint density at radius 2 is 1.84 bits per heavy atom. The number of hydrogen-bond acceptors (Lipinski definition) is 6. The summed E-state index contributed by atoms with van der Waals surface area (Å²) in [5.41, 5.74) is 2.40. The second-order valence-corrected chi connectivity index (χ2v) is 10.7. The van der Waals surface area contributed by atoms with E-state index in [1.807, 2.05) is 40.7 Å². The molecular formula is C24H34N4O3S. The number of anilines is 1. The minimum atomic E-state index is -0.663. The maximum absolute atomic E-state index is 13.2. The van der Waals surface area contributed by atoms with Crippen LogP contribution in [-0.2, 0) is 9.53 Å². The van der Waals surface area contributed by atoms with Crippen LogP contribution in [0.4, 0.5) is 10.6 Å². The van der Waals surface area contributed by atoms with E-state index in [4.69, 9.17) is 4.74 Å². The molecule has 0 unspecified atom stereocenters. The van der Waals surface area contributed by atoms with Gasteiger partial charge in [0.1, 0.15) is 17.5 Å². The van der Waals surface area contributed by atoms with Crippen molar-refractivity contribution >= 4 is 29.4 Å². The number of amides is 2. The highest BCUT2D eigenvalue weighted by molar-refractivity contribution is 7.06. The number of pyridine rings is 1. The Labute approximate surface area is 194 Å². The molecule has 1 aliphatic rings. The van der Waals surface area contributed by atoms with Gasteiger partial charge >= 0.3 is 6.09 Å². The number of hydrogen-bond donors (Lipinski definition) is 2. The zero-order chi connectivity index (χ0) is 23.5. The molecule has 32 heavy (non-hydrogen) atoms. The zero-order valence-electron chi connectivity index (χ0n) is 19.8. The minimum absolute atomic E-state index is 0.0696. The summed E-state index contributed by atoms with van der Waals surface area (Å²) in [6, 6.07) is 3.06. The van der Waals surface area contributed by atoms with Crippen LogP contribution in [0.5, 0.6) is 0 Å². The molecule has 3 rings (SSSR count). The molecule has 8 heteroatoms. The number of nitrogens with one attached hydrogen (secondary N) is 2. The van der Waals surface area contributed by atoms with E-state index >= 15 is 0 Å². The van der Waals surface area contributed by atoms with Crippen LogP contribution in [-0.4, -0.2) is 33.0 Å². The van der Waals surface area contributed by atoms with Gasteiger partial charge in [-0.3, -0.25) is 4.79 Å². The Hall–Kier alpha value is -2.48. The third-order valence-electron chi connectivity index (χ3n) is 5.82. The number of carbonyl (C=O) groups is 2. The number of aryl methyl sites for hydroxylation is 2. The van der Waals surface area contributed by atoms with E-state index in [1.54, 1.807) is 12.3 Å². The number of ether oxygens (including phenoxy) is 1. The Bertz CT molecular complexity index is 922. The van der Waals surface area contributed by atoms with E-state index in [0.717, 1.165) is 47.4 Å². The van der Waals surface area contributed by atoms with Gasteiger partial charge in [-0.05, 0) is 83.0 Å². The Balaban J connectivity index is 1.73. The first kappa shape index (κ1) is 24.2. The molecule has 2 aromatic heterocycles. The molecule has 0 spiro atoms. The SMILES string of the molecule is Cc1nsc(C)c1-c1ccc(NC(=O)[C@@H](NC(=O)OC(C)(C)C)C2CCC(C)CC2)nc1. The predicted octanol–water partition coefficient (Wildman–Crippen LogP) is 5.48. The maximum atomic E-state index is 13.2. The number of rotatable bonds is 5. The number of aromatic nitrogens is 2. The van der Waals surface area contributed by atoms with Crippen LogP contribution in [0.25, 0.3) is 11.1 Å². The summed E-state index contributed by atoms with van der Waals surface area (Å²) in [5.74, 6) is 0.905. The highest BCUT2D eigenvalue weighted by atomic mass is 32.1. The molecule has 0 saturated heterocycles. The van der Waals surface area contributed by atoms with E-state index in [2.05, 4.69) is 26.9 Å². The number of carbonyl (C=O) groups excluding carboxylic acids is 2. The third kappa shape index (κ3) is 6.28. The average Bonchev–Trinajstić information content (AvgIpc) is 3.04. The van der Waals surface area contributed by atoms with E-state index < -0.39 is 17.7 Å². The monoisotopic (exact) mass is 458 g/mol. The Morgan fingerprint density at radius 3 is 2.38 bits per heavy atom. The van der Waals surface area contributed by atoms with Crippen molar-refractivity contribution in [1.29, 1.82) is 0 Å². The fraction of sp³-hybridized carbons (Fsp3) is 0.583. The van der Waals surface area contributed by atoms with Gasteiger partial charge in [-0.15, -0.1) is 0 Å². The van der Waals surface area contributed by atoms with Gasteiger partial charge in [0.25, 0.3) is 0 Å². The molecule has 0 radical (unpaired) electrons. The molecule has 2 aromatic rings. The van der Waals surface area contributed by atoms with Gasteiger partial charge in [-0.25, -0.2) is 9.78 Å². The number of nitrogens with zero attached hydrogens (tertiary/aromatic N) is 2. The molecule has 1 saturated carbocycles. The Morgan fingerprint density at radius 1 is 1.16 bits per heavy atom. The molecule has 7 nitrogen and oxygen atoms in total. The standard InChI is InChI=1S/C24H34N4O3S/c1-14-7-9-17(10-8-14)21(27-23(30)31-24(4,5)6)22(29)26-19-12-11-18(13-25-19)20-15(2)28-32-16(20)3/h11-14,17,21H,7-10H2,1-6H3,(H,27,30)(H,25,26,29)/t14?,17?,21-/m0/s1. The van der Waals surface area contributed by atoms with E-state index in [1.165, 1.54) is 11.5 Å². The second kappa shape index (κ2) is 9.98. The van der Waals surface area contributed by atoms with Gasteiger partial charge in [-0.1, -0.05) is 19.8 Å². The van der Waals surface area contributed by atoms with Gasteiger partial charge in [-0.2, -0.15) is 4.37 Å². The van der Waals surface area contributed by atoms with E-state index in [9.17, 15) is 9.59 Å². The molecule has 0 aromatic carbocycles. The first-order valence-electron chi connectivity index (χ1n) is 11.2. The number of alkyl carbamates (subject to hydrolysis) is 1. The Kier molecular flexibility index (Phi) is 7.54. The molecule has 2 heterocycles. The van der Waals surface area contributed by atoms with Gasteiger partial charge in [0.15, 0.2) is 0 Å². The normalized spacial score (nSPS) is 19.8. The lowest BCUT2D eigenvalue weighted by Gasteiger charge is -2.32. The van der Waals surface area contributed by atoms with E-state index in [-0.39, 0.29) is 11.8 Å². The lowest BCUT2D eigenvalue weighted by molar-refractivity contribution is -0.119. The highest BCUT2D eigenvalue weighted by Gasteiger charge is 2.34. The molecule has 0 aliphatic heterocycles. The predicted molar refractivity (Wildman–Crippen MR) is 128 cm³/mol. The van der Waals surface area contributed by atoms with Crippen LogP contribution in [0.3, 0.4) is 0 Å². The molecule has 174 valence electrons. The lowest BCUT2D eigenvalue weighted by Crippen LogP contribution is -2.50. The fourth-order valence-electron chi connectivity index (χ4n) is 4.17. The average molecular weight is 459 g/mol. The van der Waals surface area contributed by atoms with Crippen molar-refractivity contribution in [3.63, 3.8) is 0 Å². The van der Waals surface area contributed by atoms with Gasteiger partial charge in [0, 0.05) is 22.2 Å². The van der Waals surface area contributed by atoms with Crippen LogP contribution >= 0.6 is 11.5 Å². The molecule has 1 aliphatic carbocycles. The highest BCUT2D eigenvalue weighted by Crippen LogP contribution is 2.32. The van der Waals surface area contributed by atoms with Crippen LogP contribution in [0, 0.1) is 25.7 Å². The van der Waals surface area contributed by atoms with Crippen LogP contribution in [0.1, 0.15) is 63.9 Å². The van der Waals surface area contributed by atoms with Gasteiger partial charge < -0.3 is 15.4 Å². The first-order chi connectivity index (χ1) is 15.0.